The number of esters is 1. The van der Waals surface area contributed by atoms with E-state index in [2.05, 4.69) is 0 Å². The van der Waals surface area contributed by atoms with E-state index in [0.717, 1.165) is 22.6 Å². The summed E-state index contributed by atoms with van der Waals surface area (Å²) in [5.41, 5.74) is 3.41. The van der Waals surface area contributed by atoms with Gasteiger partial charge in [0.2, 0.25) is 5.84 Å². The second kappa shape index (κ2) is 10.8. The Morgan fingerprint density at radius 1 is 0.944 bits per heavy atom. The normalized spacial score (nSPS) is 14.9. The van der Waals surface area contributed by atoms with Crippen molar-refractivity contribution in [2.45, 2.75) is 13.1 Å². The highest BCUT2D eigenvalue weighted by molar-refractivity contribution is 6.42. The minimum absolute atomic E-state index is 0.171. The summed E-state index contributed by atoms with van der Waals surface area (Å²) in [4.78, 5) is 17.0. The zero-order valence-electron chi connectivity index (χ0n) is 20.9. The Kier molecular flexibility index (Phi) is 7.55. The Bertz CT molecular complexity index is 1250. The molecule has 0 bridgehead atoms. The summed E-state index contributed by atoms with van der Waals surface area (Å²) in [5.74, 6) is 0.824. The van der Waals surface area contributed by atoms with Crippen LogP contribution < -0.4 is 24.3 Å². The summed E-state index contributed by atoms with van der Waals surface area (Å²) in [6, 6.07) is 20.9. The van der Waals surface area contributed by atoms with E-state index in [1.165, 1.54) is 0 Å². The lowest BCUT2D eigenvalue weighted by Gasteiger charge is -2.32. The molecule has 0 N–H and O–H groups in total. The van der Waals surface area contributed by atoms with Crippen LogP contribution in [0.2, 0.25) is 5.02 Å². The highest BCUT2D eigenvalue weighted by atomic mass is 35.5. The van der Waals surface area contributed by atoms with Crippen LogP contribution in [0.25, 0.3) is 0 Å². The highest BCUT2D eigenvalue weighted by Crippen LogP contribution is 2.42. The zero-order chi connectivity index (χ0) is 25.8. The molecule has 0 aromatic heterocycles. The van der Waals surface area contributed by atoms with Crippen molar-refractivity contribution in [1.29, 1.82) is 0 Å². The van der Waals surface area contributed by atoms with Gasteiger partial charge in [0.1, 0.15) is 0 Å². The van der Waals surface area contributed by atoms with Gasteiger partial charge in [-0.15, -0.1) is 5.10 Å². The first-order chi connectivity index (χ1) is 17.4. The Hall–Kier alpha value is -3.91. The van der Waals surface area contributed by atoms with E-state index < -0.39 is 12.1 Å². The lowest BCUT2D eigenvalue weighted by molar-refractivity contribution is -0.135. The SMILES string of the molecule is CCOC(=O)C1=NN(c2ccc(Cl)cc2)[C@H](c2ccc(OC)c(OC)c2)N1c1ccc(N(C)C)cc1. The number of halogens is 1. The summed E-state index contributed by atoms with van der Waals surface area (Å²) in [5, 5.41) is 7.14. The first-order valence-corrected chi connectivity index (χ1v) is 11.8. The van der Waals surface area contributed by atoms with Crippen LogP contribution in [0.1, 0.15) is 18.7 Å². The molecule has 1 aliphatic rings. The number of carbonyl (C=O) groups is 1. The zero-order valence-corrected chi connectivity index (χ0v) is 21.7. The van der Waals surface area contributed by atoms with E-state index in [0.29, 0.717) is 16.5 Å². The molecule has 3 aromatic rings. The molecule has 0 saturated carbocycles. The number of benzene rings is 3. The number of hydrogen-bond acceptors (Lipinski definition) is 8. The fraction of sp³-hybridized carbons (Fsp3) is 0.259. The van der Waals surface area contributed by atoms with Gasteiger partial charge < -0.3 is 19.1 Å². The van der Waals surface area contributed by atoms with Gasteiger partial charge in [-0.2, -0.15) is 0 Å². The van der Waals surface area contributed by atoms with Gasteiger partial charge in [-0.3, -0.25) is 4.90 Å². The number of methoxy groups -OCH3 is 2. The van der Waals surface area contributed by atoms with Gasteiger partial charge in [-0.25, -0.2) is 9.80 Å². The third-order valence-electron chi connectivity index (χ3n) is 5.81. The first kappa shape index (κ1) is 25.2. The van der Waals surface area contributed by atoms with Gasteiger partial charge in [0.15, 0.2) is 17.7 Å². The van der Waals surface area contributed by atoms with Gasteiger partial charge in [-0.05, 0) is 67.6 Å². The van der Waals surface area contributed by atoms with Crippen LogP contribution in [0.5, 0.6) is 11.5 Å². The number of anilines is 3. The van der Waals surface area contributed by atoms with Crippen molar-refractivity contribution in [3.8, 4) is 11.5 Å². The molecular formula is C27H29ClN4O4. The molecule has 0 aliphatic carbocycles. The van der Waals surface area contributed by atoms with Crippen molar-refractivity contribution in [2.24, 2.45) is 5.10 Å². The number of nitrogens with zero attached hydrogens (tertiary/aromatic N) is 4. The third kappa shape index (κ3) is 4.90. The van der Waals surface area contributed by atoms with Gasteiger partial charge in [0.25, 0.3) is 0 Å². The van der Waals surface area contributed by atoms with Crippen molar-refractivity contribution < 1.29 is 19.0 Å². The van der Waals surface area contributed by atoms with Crippen LogP contribution in [0.4, 0.5) is 17.1 Å². The molecule has 1 aliphatic heterocycles. The fourth-order valence-corrected chi connectivity index (χ4v) is 4.16. The van der Waals surface area contributed by atoms with Gasteiger partial charge >= 0.3 is 5.97 Å². The lowest BCUT2D eigenvalue weighted by atomic mass is 10.1. The summed E-state index contributed by atoms with van der Waals surface area (Å²) in [6.45, 7) is 2.00. The van der Waals surface area contributed by atoms with Gasteiger partial charge in [0.05, 0.1) is 26.5 Å². The molecule has 1 heterocycles. The molecule has 0 unspecified atom stereocenters. The number of rotatable bonds is 8. The summed E-state index contributed by atoms with van der Waals surface area (Å²) in [7, 11) is 7.13. The van der Waals surface area contributed by atoms with Crippen LogP contribution in [-0.4, -0.2) is 46.7 Å². The molecular weight excluding hydrogens is 480 g/mol. The molecule has 36 heavy (non-hydrogen) atoms. The number of hydrazone groups is 1. The Morgan fingerprint density at radius 3 is 2.17 bits per heavy atom. The second-order valence-electron chi connectivity index (χ2n) is 8.23. The molecule has 0 fully saturated rings. The van der Waals surface area contributed by atoms with Crippen molar-refractivity contribution in [1.82, 2.24) is 0 Å². The van der Waals surface area contributed by atoms with Crippen molar-refractivity contribution in [3.63, 3.8) is 0 Å². The summed E-state index contributed by atoms with van der Waals surface area (Å²) < 4.78 is 16.4. The minimum atomic E-state index is -0.518. The average molecular weight is 509 g/mol. The lowest BCUT2D eigenvalue weighted by Crippen LogP contribution is -2.39. The smallest absolute Gasteiger partial charge is 0.376 e. The average Bonchev–Trinajstić information content (AvgIpc) is 3.29. The topological polar surface area (TPSA) is 66.8 Å². The molecule has 9 heteroatoms. The number of hydrogen-bond donors (Lipinski definition) is 0. The van der Waals surface area contributed by atoms with Gasteiger partial charge in [0, 0.05) is 36.1 Å². The molecule has 8 nitrogen and oxygen atoms in total. The molecule has 188 valence electrons. The fourth-order valence-electron chi connectivity index (χ4n) is 4.04. The third-order valence-corrected chi connectivity index (χ3v) is 6.06. The Morgan fingerprint density at radius 2 is 1.58 bits per heavy atom. The van der Waals surface area contributed by atoms with Crippen molar-refractivity contribution in [2.75, 3.05) is 49.7 Å². The summed E-state index contributed by atoms with van der Waals surface area (Å²) in [6.07, 6.45) is -0.518. The Labute approximate surface area is 216 Å². The van der Waals surface area contributed by atoms with Crippen LogP contribution in [0, 0.1) is 0 Å². The predicted molar refractivity (Wildman–Crippen MR) is 144 cm³/mol. The van der Waals surface area contributed by atoms with Crippen molar-refractivity contribution in [3.05, 3.63) is 77.3 Å². The Balaban J connectivity index is 1.91. The molecule has 3 aromatic carbocycles. The number of amidine groups is 1. The standard InChI is InChI=1S/C27H29ClN4O4/c1-6-36-27(33)25-29-32(22-10-8-19(28)9-11-22)26(18-7-16-23(34-4)24(17-18)35-5)31(25)21-14-12-20(13-15-21)30(2)3/h7-17,26H,6H2,1-5H3/t26-/m1/s1. The van der Waals surface area contributed by atoms with Crippen LogP contribution >= 0.6 is 11.6 Å². The maximum atomic E-state index is 13.1. The number of carbonyl (C=O) groups excluding carboxylic acids is 1. The summed E-state index contributed by atoms with van der Waals surface area (Å²) >= 11 is 6.16. The van der Waals surface area contributed by atoms with Crippen LogP contribution in [0.15, 0.2) is 71.8 Å². The van der Waals surface area contributed by atoms with Crippen LogP contribution in [-0.2, 0) is 9.53 Å². The quantitative estimate of drug-likeness (QED) is 0.381. The largest absolute Gasteiger partial charge is 0.493 e. The number of ether oxygens (including phenoxy) is 3. The van der Waals surface area contributed by atoms with Crippen molar-refractivity contribution >= 4 is 40.5 Å². The van der Waals surface area contributed by atoms with E-state index in [1.807, 2.05) is 78.5 Å². The maximum absolute atomic E-state index is 13.1. The van der Waals surface area contributed by atoms with E-state index in [9.17, 15) is 4.79 Å². The van der Waals surface area contributed by atoms with E-state index >= 15 is 0 Å². The maximum Gasteiger partial charge on any atom is 0.376 e. The van der Waals surface area contributed by atoms with E-state index in [-0.39, 0.29) is 12.4 Å². The van der Waals surface area contributed by atoms with E-state index in [1.54, 1.807) is 38.3 Å². The predicted octanol–water partition coefficient (Wildman–Crippen LogP) is 5.33. The molecule has 1 atom stereocenters. The van der Waals surface area contributed by atoms with Gasteiger partial charge in [-0.1, -0.05) is 17.7 Å². The highest BCUT2D eigenvalue weighted by Gasteiger charge is 2.41. The van der Waals surface area contributed by atoms with Crippen LogP contribution in [0.3, 0.4) is 0 Å². The monoisotopic (exact) mass is 508 g/mol. The molecule has 0 radical (unpaired) electrons. The molecule has 4 rings (SSSR count). The first-order valence-electron chi connectivity index (χ1n) is 11.5. The van der Waals surface area contributed by atoms with E-state index in [4.69, 9.17) is 30.9 Å². The molecule has 0 saturated heterocycles. The molecule has 0 amide bonds. The second-order valence-corrected chi connectivity index (χ2v) is 8.67. The molecule has 0 spiro atoms. The minimum Gasteiger partial charge on any atom is -0.493 e.